The van der Waals surface area contributed by atoms with Crippen molar-refractivity contribution in [2.24, 2.45) is 0 Å². The number of aromatic hydroxyl groups is 1. The van der Waals surface area contributed by atoms with Crippen LogP contribution in [0, 0.1) is 0 Å². The van der Waals surface area contributed by atoms with Gasteiger partial charge < -0.3 is 15.7 Å². The van der Waals surface area contributed by atoms with Gasteiger partial charge in [-0.3, -0.25) is 0 Å². The molecule has 1 unspecified atom stereocenters. The zero-order chi connectivity index (χ0) is 18.7. The highest BCUT2D eigenvalue weighted by Gasteiger charge is 2.31. The number of rotatable bonds is 0. The summed E-state index contributed by atoms with van der Waals surface area (Å²) < 4.78 is 2.09. The van der Waals surface area contributed by atoms with Gasteiger partial charge in [-0.15, -0.1) is 0 Å². The van der Waals surface area contributed by atoms with Gasteiger partial charge in [0.25, 0.3) is 0 Å². The number of dihydropyridines is 1. The molecular formula is C21H26Br2N2O. The maximum Gasteiger partial charge on any atom is 0.117 e. The number of phenols is 1. The van der Waals surface area contributed by atoms with Crippen molar-refractivity contribution in [2.75, 3.05) is 13.1 Å². The smallest absolute Gasteiger partial charge is 0.117 e. The molecule has 3 aliphatic rings. The van der Waals surface area contributed by atoms with E-state index in [1.165, 1.54) is 27.8 Å². The molecule has 3 N–H and O–H groups in total. The summed E-state index contributed by atoms with van der Waals surface area (Å²) >= 11 is 7.32. The van der Waals surface area contributed by atoms with Gasteiger partial charge in [0.2, 0.25) is 0 Å². The van der Waals surface area contributed by atoms with Crippen molar-refractivity contribution in [2.45, 2.75) is 45.6 Å². The molecule has 0 radical (unpaired) electrons. The lowest BCUT2D eigenvalue weighted by atomic mass is 9.85. The molecule has 0 saturated carbocycles. The predicted octanol–water partition coefficient (Wildman–Crippen LogP) is 5.40. The van der Waals surface area contributed by atoms with Crippen molar-refractivity contribution < 1.29 is 5.11 Å². The van der Waals surface area contributed by atoms with E-state index < -0.39 is 0 Å². The van der Waals surface area contributed by atoms with Gasteiger partial charge >= 0.3 is 0 Å². The van der Waals surface area contributed by atoms with Crippen molar-refractivity contribution in [3.05, 3.63) is 55.6 Å². The molecule has 2 aliphatic heterocycles. The first-order chi connectivity index (χ1) is 12.6. The lowest BCUT2D eigenvalue weighted by molar-refractivity contribution is 0.474. The molecule has 2 heterocycles. The Morgan fingerprint density at radius 1 is 1.04 bits per heavy atom. The molecule has 0 spiro atoms. The van der Waals surface area contributed by atoms with E-state index in [2.05, 4.69) is 54.8 Å². The minimum absolute atomic E-state index is 0.224. The third-order valence-corrected chi connectivity index (χ3v) is 6.15. The number of halogens is 2. The SMILES string of the molecule is CC.Oc1cc(Br)c2c(c1)CCC1=CC(Br)=CNC1C2=C1CCNCC1. The van der Waals surface area contributed by atoms with Gasteiger partial charge in [-0.2, -0.15) is 0 Å². The van der Waals surface area contributed by atoms with E-state index in [4.69, 9.17) is 0 Å². The first-order valence-corrected chi connectivity index (χ1v) is 11.0. The van der Waals surface area contributed by atoms with E-state index in [-0.39, 0.29) is 6.04 Å². The van der Waals surface area contributed by atoms with Gasteiger partial charge in [-0.25, -0.2) is 0 Å². The molecule has 5 heteroatoms. The molecule has 1 aromatic rings. The summed E-state index contributed by atoms with van der Waals surface area (Å²) in [6.45, 7) is 6.07. The lowest BCUT2D eigenvalue weighted by Crippen LogP contribution is -2.33. The Morgan fingerprint density at radius 2 is 1.77 bits per heavy atom. The normalized spacial score (nSPS) is 21.9. The quantitative estimate of drug-likeness (QED) is 0.464. The number of nitrogens with one attached hydrogen (secondary N) is 2. The van der Waals surface area contributed by atoms with Gasteiger partial charge in [-0.1, -0.05) is 35.4 Å². The standard InChI is InChI=1S/C19H20Br2N2O.C2H6/c20-14-7-13-2-1-12-8-15(24)9-16(21)17(12)18(19(13)23-10-14)11-3-5-22-6-4-11;1-2/h7-10,19,22-24H,1-6H2;1-2H3. The number of hydrogen-bond acceptors (Lipinski definition) is 3. The first-order valence-electron chi connectivity index (χ1n) is 9.40. The maximum atomic E-state index is 10.1. The zero-order valence-corrected chi connectivity index (χ0v) is 18.5. The Kier molecular flexibility index (Phi) is 6.65. The fourth-order valence-corrected chi connectivity index (χ4v) is 5.13. The van der Waals surface area contributed by atoms with Crippen LogP contribution in [0.1, 0.15) is 44.2 Å². The number of fused-ring (bicyclic) bond motifs is 2. The van der Waals surface area contributed by atoms with E-state index in [0.717, 1.165) is 47.7 Å². The van der Waals surface area contributed by atoms with Crippen LogP contribution in [0.15, 0.2) is 44.5 Å². The molecule has 0 aromatic heterocycles. The third kappa shape index (κ3) is 3.95. The monoisotopic (exact) mass is 480 g/mol. The van der Waals surface area contributed by atoms with Crippen LogP contribution < -0.4 is 10.6 Å². The second kappa shape index (κ2) is 8.77. The highest BCUT2D eigenvalue weighted by molar-refractivity contribution is 9.12. The van der Waals surface area contributed by atoms with Crippen molar-refractivity contribution in [1.29, 1.82) is 0 Å². The van der Waals surface area contributed by atoms with Crippen LogP contribution in [0.25, 0.3) is 5.57 Å². The minimum Gasteiger partial charge on any atom is -0.508 e. The molecule has 1 saturated heterocycles. The van der Waals surface area contributed by atoms with Crippen LogP contribution in [0.2, 0.25) is 0 Å². The van der Waals surface area contributed by atoms with Crippen LogP contribution >= 0.6 is 31.9 Å². The molecule has 26 heavy (non-hydrogen) atoms. The maximum absolute atomic E-state index is 10.1. The van der Waals surface area contributed by atoms with Crippen LogP contribution in [0.3, 0.4) is 0 Å². The number of phenolic OH excluding ortho intramolecular Hbond substituents is 1. The van der Waals surface area contributed by atoms with Gasteiger partial charge in [0.05, 0.1) is 6.04 Å². The van der Waals surface area contributed by atoms with Crippen LogP contribution in [-0.2, 0) is 6.42 Å². The molecular weight excluding hydrogens is 456 g/mol. The highest BCUT2D eigenvalue weighted by atomic mass is 79.9. The summed E-state index contributed by atoms with van der Waals surface area (Å²) in [4.78, 5) is 0. The van der Waals surface area contributed by atoms with E-state index in [9.17, 15) is 5.11 Å². The van der Waals surface area contributed by atoms with E-state index in [0.29, 0.717) is 5.75 Å². The summed E-state index contributed by atoms with van der Waals surface area (Å²) in [7, 11) is 0. The van der Waals surface area contributed by atoms with Gasteiger partial charge in [0.15, 0.2) is 0 Å². The summed E-state index contributed by atoms with van der Waals surface area (Å²) in [6.07, 6.45) is 8.41. The fraction of sp³-hybridized carbons (Fsp3) is 0.429. The molecule has 1 aliphatic carbocycles. The Bertz CT molecular complexity index is 772. The Labute approximate surface area is 172 Å². The topological polar surface area (TPSA) is 44.3 Å². The van der Waals surface area contributed by atoms with Gasteiger partial charge in [0, 0.05) is 15.2 Å². The summed E-state index contributed by atoms with van der Waals surface area (Å²) in [5.74, 6) is 0.335. The van der Waals surface area contributed by atoms with Crippen molar-refractivity contribution in [3.8, 4) is 5.75 Å². The fourth-order valence-electron chi connectivity index (χ4n) is 4.01. The number of allylic oxidation sites excluding steroid dienone is 2. The highest BCUT2D eigenvalue weighted by Crippen LogP contribution is 2.43. The van der Waals surface area contributed by atoms with E-state index in [1.54, 1.807) is 0 Å². The second-order valence-corrected chi connectivity index (χ2v) is 8.35. The van der Waals surface area contributed by atoms with Crippen LogP contribution in [0.4, 0.5) is 0 Å². The summed E-state index contributed by atoms with van der Waals surface area (Å²) in [5.41, 5.74) is 6.85. The van der Waals surface area contributed by atoms with Crippen molar-refractivity contribution in [3.63, 3.8) is 0 Å². The molecule has 1 atom stereocenters. The molecule has 0 bridgehead atoms. The predicted molar refractivity (Wildman–Crippen MR) is 117 cm³/mol. The molecule has 0 amide bonds. The largest absolute Gasteiger partial charge is 0.508 e. The molecule has 4 rings (SSSR count). The Balaban J connectivity index is 0.000000948. The zero-order valence-electron chi connectivity index (χ0n) is 15.3. The number of hydrogen-bond donors (Lipinski definition) is 3. The van der Waals surface area contributed by atoms with Crippen LogP contribution in [0.5, 0.6) is 5.75 Å². The third-order valence-electron chi connectivity index (χ3n) is 5.07. The number of aryl methyl sites for hydroxylation is 1. The molecule has 1 aromatic carbocycles. The Morgan fingerprint density at radius 3 is 2.50 bits per heavy atom. The molecule has 3 nitrogen and oxygen atoms in total. The first kappa shape index (κ1) is 19.7. The van der Waals surface area contributed by atoms with Crippen molar-refractivity contribution in [1.82, 2.24) is 10.6 Å². The van der Waals surface area contributed by atoms with Gasteiger partial charge in [0.1, 0.15) is 5.75 Å². The molecule has 140 valence electrons. The average Bonchev–Trinajstić information content (AvgIpc) is 2.81. The minimum atomic E-state index is 0.224. The Hall–Kier alpha value is -1.04. The average molecular weight is 482 g/mol. The number of benzene rings is 1. The summed E-state index contributed by atoms with van der Waals surface area (Å²) in [6, 6.07) is 3.98. The van der Waals surface area contributed by atoms with Gasteiger partial charge in [-0.05, 0) is 95.2 Å². The second-order valence-electron chi connectivity index (χ2n) is 6.58. The van der Waals surface area contributed by atoms with E-state index >= 15 is 0 Å². The molecule has 1 fully saturated rings. The van der Waals surface area contributed by atoms with Crippen LogP contribution in [-0.4, -0.2) is 24.2 Å². The number of piperidine rings is 1. The van der Waals surface area contributed by atoms with Crippen molar-refractivity contribution >= 4 is 37.4 Å². The van der Waals surface area contributed by atoms with E-state index in [1.807, 2.05) is 26.0 Å². The summed E-state index contributed by atoms with van der Waals surface area (Å²) in [5, 5.41) is 17.1. The lowest BCUT2D eigenvalue weighted by Gasteiger charge is -2.30.